The number of rotatable bonds is 6. The van der Waals surface area contributed by atoms with Crippen LogP contribution in [0.5, 0.6) is 5.75 Å². The molecule has 0 saturated carbocycles. The van der Waals surface area contributed by atoms with E-state index in [1.54, 1.807) is 12.3 Å². The van der Waals surface area contributed by atoms with E-state index in [0.717, 1.165) is 23.4 Å². The Morgan fingerprint density at radius 3 is 2.67 bits per heavy atom. The Morgan fingerprint density at radius 2 is 2.05 bits per heavy atom. The van der Waals surface area contributed by atoms with Gasteiger partial charge in [-0.3, -0.25) is 4.90 Å². The molecule has 0 bridgehead atoms. The van der Waals surface area contributed by atoms with Crippen LogP contribution in [0.25, 0.3) is 0 Å². The van der Waals surface area contributed by atoms with E-state index < -0.39 is 0 Å². The van der Waals surface area contributed by atoms with Crippen LogP contribution in [0.1, 0.15) is 35.9 Å². The van der Waals surface area contributed by atoms with Crippen LogP contribution in [0.3, 0.4) is 0 Å². The Bertz CT molecular complexity index is 564. The lowest BCUT2D eigenvalue weighted by molar-refractivity contribution is 0.245. The number of phenols is 1. The van der Waals surface area contributed by atoms with Gasteiger partial charge in [-0.05, 0) is 46.1 Å². The number of furan rings is 1. The lowest BCUT2D eigenvalue weighted by atomic mass is 10.0. The largest absolute Gasteiger partial charge is 0.508 e. The van der Waals surface area contributed by atoms with Crippen molar-refractivity contribution in [1.29, 1.82) is 0 Å². The van der Waals surface area contributed by atoms with E-state index in [9.17, 15) is 5.11 Å². The summed E-state index contributed by atoms with van der Waals surface area (Å²) in [6.07, 6.45) is 1.70. The van der Waals surface area contributed by atoms with Crippen LogP contribution in [0.15, 0.2) is 41.0 Å². The molecule has 2 unspecified atom stereocenters. The first-order valence-corrected chi connectivity index (χ1v) is 7.21. The van der Waals surface area contributed by atoms with Gasteiger partial charge in [0.2, 0.25) is 0 Å². The maximum atomic E-state index is 9.99. The van der Waals surface area contributed by atoms with E-state index in [1.165, 1.54) is 0 Å². The summed E-state index contributed by atoms with van der Waals surface area (Å²) in [5.74, 6) is 1.27. The van der Waals surface area contributed by atoms with Crippen LogP contribution in [0, 0.1) is 6.92 Å². The van der Waals surface area contributed by atoms with Gasteiger partial charge in [0, 0.05) is 18.2 Å². The molecule has 0 aliphatic heterocycles. The summed E-state index contributed by atoms with van der Waals surface area (Å²) in [5.41, 5.74) is 2.07. The molecule has 1 heterocycles. The fraction of sp³-hybridized carbons (Fsp3) is 0.412. The minimum atomic E-state index is 0.0716. The van der Waals surface area contributed by atoms with Gasteiger partial charge in [0.15, 0.2) is 0 Å². The molecule has 0 amide bonds. The quantitative estimate of drug-likeness (QED) is 0.856. The number of nitrogens with zero attached hydrogens (tertiary/aromatic N) is 1. The van der Waals surface area contributed by atoms with Crippen LogP contribution in [0.4, 0.5) is 0 Å². The number of phenolic OH excluding ortho intramolecular Hbond substituents is 1. The second-order valence-electron chi connectivity index (χ2n) is 5.69. The van der Waals surface area contributed by atoms with Crippen molar-refractivity contribution in [3.05, 3.63) is 53.5 Å². The maximum absolute atomic E-state index is 9.99. The van der Waals surface area contributed by atoms with Gasteiger partial charge in [-0.25, -0.2) is 0 Å². The molecule has 1 aromatic carbocycles. The van der Waals surface area contributed by atoms with Gasteiger partial charge in [-0.2, -0.15) is 0 Å². The van der Waals surface area contributed by atoms with E-state index in [-0.39, 0.29) is 12.1 Å². The highest BCUT2D eigenvalue weighted by Gasteiger charge is 2.19. The van der Waals surface area contributed by atoms with Gasteiger partial charge >= 0.3 is 0 Å². The third-order valence-corrected chi connectivity index (χ3v) is 3.76. The summed E-state index contributed by atoms with van der Waals surface area (Å²) in [4.78, 5) is 2.12. The molecule has 2 N–H and O–H groups in total. The van der Waals surface area contributed by atoms with Crippen molar-refractivity contribution in [3.8, 4) is 5.75 Å². The van der Waals surface area contributed by atoms with Gasteiger partial charge in [0.25, 0.3) is 0 Å². The Hall–Kier alpha value is -1.78. The molecule has 4 heteroatoms. The minimum absolute atomic E-state index is 0.0716. The normalized spacial score (nSPS) is 14.3. The number of aromatic hydroxyl groups is 1. The molecule has 114 valence electrons. The van der Waals surface area contributed by atoms with E-state index in [0.29, 0.717) is 5.75 Å². The fourth-order valence-electron chi connectivity index (χ4n) is 2.44. The van der Waals surface area contributed by atoms with Crippen LogP contribution >= 0.6 is 0 Å². The predicted molar refractivity (Wildman–Crippen MR) is 84.4 cm³/mol. The van der Waals surface area contributed by atoms with E-state index >= 15 is 0 Å². The van der Waals surface area contributed by atoms with Crippen molar-refractivity contribution in [3.63, 3.8) is 0 Å². The number of benzene rings is 1. The molecule has 0 saturated heterocycles. The number of hydrogen-bond donors (Lipinski definition) is 2. The number of hydrogen-bond acceptors (Lipinski definition) is 4. The van der Waals surface area contributed by atoms with Crippen LogP contribution in [-0.2, 0) is 0 Å². The molecule has 0 aliphatic carbocycles. The average molecular weight is 288 g/mol. The minimum Gasteiger partial charge on any atom is -0.508 e. The second kappa shape index (κ2) is 6.78. The summed E-state index contributed by atoms with van der Waals surface area (Å²) in [7, 11) is 4.06. The zero-order valence-corrected chi connectivity index (χ0v) is 13.1. The van der Waals surface area contributed by atoms with Crippen molar-refractivity contribution in [1.82, 2.24) is 10.2 Å². The van der Waals surface area contributed by atoms with Crippen molar-refractivity contribution in [2.24, 2.45) is 0 Å². The van der Waals surface area contributed by atoms with Crippen molar-refractivity contribution in [2.75, 3.05) is 20.6 Å². The van der Waals surface area contributed by atoms with Crippen molar-refractivity contribution >= 4 is 0 Å². The Labute approximate surface area is 126 Å². The third-order valence-electron chi connectivity index (χ3n) is 3.76. The Balaban J connectivity index is 2.05. The first-order valence-electron chi connectivity index (χ1n) is 7.21. The number of likely N-dealkylation sites (N-methyl/N-ethyl adjacent to an activating group) is 1. The zero-order chi connectivity index (χ0) is 15.4. The Kier molecular flexibility index (Phi) is 5.04. The lowest BCUT2D eigenvalue weighted by Gasteiger charge is -2.25. The summed E-state index contributed by atoms with van der Waals surface area (Å²) >= 11 is 0. The molecule has 0 spiro atoms. The molecule has 2 atom stereocenters. The maximum Gasteiger partial charge on any atom is 0.122 e. The molecular formula is C17H24N2O2. The van der Waals surface area contributed by atoms with Crippen molar-refractivity contribution < 1.29 is 9.52 Å². The van der Waals surface area contributed by atoms with Gasteiger partial charge in [0.05, 0.1) is 12.3 Å². The lowest BCUT2D eigenvalue weighted by Crippen LogP contribution is -2.32. The van der Waals surface area contributed by atoms with E-state index in [2.05, 4.69) is 17.1 Å². The van der Waals surface area contributed by atoms with Gasteiger partial charge < -0.3 is 14.8 Å². The standard InChI is InChI=1S/C17H24N2O2/c1-12-7-8-16(20)14(10-12)13(2)18-11-15(19(3)4)17-6-5-9-21-17/h5-10,13,15,18,20H,11H2,1-4H3. The SMILES string of the molecule is Cc1ccc(O)c(C(C)NCC(c2ccco2)N(C)C)c1. The highest BCUT2D eigenvalue weighted by molar-refractivity contribution is 5.37. The van der Waals surface area contributed by atoms with Crippen LogP contribution in [-0.4, -0.2) is 30.6 Å². The molecule has 1 aromatic heterocycles. The van der Waals surface area contributed by atoms with Gasteiger partial charge in [-0.15, -0.1) is 0 Å². The summed E-state index contributed by atoms with van der Waals surface area (Å²) in [6.45, 7) is 4.83. The first kappa shape index (κ1) is 15.6. The highest BCUT2D eigenvalue weighted by atomic mass is 16.3. The number of nitrogens with one attached hydrogen (secondary N) is 1. The summed E-state index contributed by atoms with van der Waals surface area (Å²) < 4.78 is 5.51. The molecule has 0 aliphatic rings. The summed E-state index contributed by atoms with van der Waals surface area (Å²) in [6, 6.07) is 9.81. The molecule has 4 nitrogen and oxygen atoms in total. The molecule has 0 fully saturated rings. The van der Waals surface area contributed by atoms with Gasteiger partial charge in [-0.1, -0.05) is 17.7 Å². The Morgan fingerprint density at radius 1 is 1.29 bits per heavy atom. The smallest absolute Gasteiger partial charge is 0.122 e. The van der Waals surface area contributed by atoms with E-state index in [4.69, 9.17) is 4.42 Å². The van der Waals surface area contributed by atoms with Crippen LogP contribution < -0.4 is 5.32 Å². The van der Waals surface area contributed by atoms with Gasteiger partial charge in [0.1, 0.15) is 11.5 Å². The zero-order valence-electron chi connectivity index (χ0n) is 13.1. The predicted octanol–water partition coefficient (Wildman–Crippen LogP) is 3.25. The second-order valence-corrected chi connectivity index (χ2v) is 5.69. The fourth-order valence-corrected chi connectivity index (χ4v) is 2.44. The highest BCUT2D eigenvalue weighted by Crippen LogP contribution is 2.26. The molecular weight excluding hydrogens is 264 g/mol. The first-order chi connectivity index (χ1) is 9.99. The molecule has 2 rings (SSSR count). The third kappa shape index (κ3) is 3.86. The molecule has 2 aromatic rings. The topological polar surface area (TPSA) is 48.6 Å². The number of aryl methyl sites for hydroxylation is 1. The van der Waals surface area contributed by atoms with E-state index in [1.807, 2.05) is 45.3 Å². The monoisotopic (exact) mass is 288 g/mol. The molecule has 21 heavy (non-hydrogen) atoms. The summed E-state index contributed by atoms with van der Waals surface area (Å²) in [5, 5.41) is 13.5. The molecule has 0 radical (unpaired) electrons. The van der Waals surface area contributed by atoms with Crippen molar-refractivity contribution in [2.45, 2.75) is 25.9 Å². The average Bonchev–Trinajstić information content (AvgIpc) is 2.95. The van der Waals surface area contributed by atoms with Crippen LogP contribution in [0.2, 0.25) is 0 Å².